The monoisotopic (exact) mass is 439 g/mol. The predicted octanol–water partition coefficient (Wildman–Crippen LogP) is 3.71. The first-order valence-corrected chi connectivity index (χ1v) is 10.3. The average Bonchev–Trinajstić information content (AvgIpc) is 3.30. The van der Waals surface area contributed by atoms with E-state index in [4.69, 9.17) is 18.9 Å². The minimum Gasteiger partial charge on any atom is -0.493 e. The van der Waals surface area contributed by atoms with Crippen LogP contribution in [0.5, 0.6) is 23.0 Å². The minimum atomic E-state index is -0.353. The Morgan fingerprint density at radius 3 is 2.53 bits per heavy atom. The van der Waals surface area contributed by atoms with E-state index < -0.39 is 0 Å². The molecule has 1 aliphatic rings. The van der Waals surface area contributed by atoms with Gasteiger partial charge in [0, 0.05) is 18.3 Å². The molecule has 1 amide bonds. The summed E-state index contributed by atoms with van der Waals surface area (Å²) in [5.74, 6) is 2.29. The molecular formula is C24H29N3O5. The van der Waals surface area contributed by atoms with Gasteiger partial charge in [-0.25, -0.2) is 0 Å². The van der Waals surface area contributed by atoms with Crippen molar-refractivity contribution in [2.24, 2.45) is 5.10 Å². The Labute approximate surface area is 188 Å². The molecule has 32 heavy (non-hydrogen) atoms. The molecule has 0 bridgehead atoms. The van der Waals surface area contributed by atoms with Crippen LogP contribution in [-0.4, -0.2) is 57.7 Å². The SMILES string of the molecule is C=CCOc1cc(/C=N/N2CCCC2C(=O)Nc2ccc(OC)c(OC)c2)ccc1OC. The summed E-state index contributed by atoms with van der Waals surface area (Å²) in [6, 6.07) is 10.5. The van der Waals surface area contributed by atoms with Crippen molar-refractivity contribution in [3.05, 3.63) is 54.6 Å². The number of hydrogen-bond acceptors (Lipinski definition) is 7. The van der Waals surface area contributed by atoms with Crippen molar-refractivity contribution < 1.29 is 23.7 Å². The summed E-state index contributed by atoms with van der Waals surface area (Å²) < 4.78 is 21.5. The summed E-state index contributed by atoms with van der Waals surface area (Å²) in [4.78, 5) is 12.9. The second kappa shape index (κ2) is 11.1. The Kier molecular flexibility index (Phi) is 7.96. The highest BCUT2D eigenvalue weighted by Gasteiger charge is 2.30. The van der Waals surface area contributed by atoms with Gasteiger partial charge in [0.15, 0.2) is 23.0 Å². The van der Waals surface area contributed by atoms with Gasteiger partial charge in [-0.15, -0.1) is 0 Å². The van der Waals surface area contributed by atoms with Crippen molar-refractivity contribution in [1.82, 2.24) is 5.01 Å². The normalized spacial score (nSPS) is 15.5. The van der Waals surface area contributed by atoms with Crippen LogP contribution in [0.3, 0.4) is 0 Å². The molecule has 0 aliphatic carbocycles. The summed E-state index contributed by atoms with van der Waals surface area (Å²) in [5, 5.41) is 9.32. The van der Waals surface area contributed by atoms with Gasteiger partial charge in [0.25, 0.3) is 0 Å². The van der Waals surface area contributed by atoms with Crippen LogP contribution in [0.1, 0.15) is 18.4 Å². The number of ether oxygens (including phenoxy) is 4. The number of rotatable bonds is 10. The lowest BCUT2D eigenvalue weighted by molar-refractivity contribution is -0.120. The lowest BCUT2D eigenvalue weighted by Crippen LogP contribution is -2.36. The molecule has 170 valence electrons. The molecule has 1 atom stereocenters. The zero-order valence-corrected chi connectivity index (χ0v) is 18.7. The molecule has 2 aromatic rings. The fourth-order valence-corrected chi connectivity index (χ4v) is 3.47. The Balaban J connectivity index is 1.69. The second-order valence-corrected chi connectivity index (χ2v) is 7.13. The number of anilines is 1. The van der Waals surface area contributed by atoms with Crippen LogP contribution in [0.15, 0.2) is 54.2 Å². The molecule has 3 rings (SSSR count). The summed E-state index contributed by atoms with van der Waals surface area (Å²) in [5.41, 5.74) is 1.48. The molecule has 1 heterocycles. The van der Waals surface area contributed by atoms with Crippen LogP contribution in [0.4, 0.5) is 5.69 Å². The Morgan fingerprint density at radius 1 is 1.09 bits per heavy atom. The number of amides is 1. The highest BCUT2D eigenvalue weighted by Crippen LogP contribution is 2.30. The number of benzene rings is 2. The van der Waals surface area contributed by atoms with Crippen LogP contribution >= 0.6 is 0 Å². The van der Waals surface area contributed by atoms with Crippen molar-refractivity contribution in [2.45, 2.75) is 18.9 Å². The summed E-state index contributed by atoms with van der Waals surface area (Å²) in [6.45, 7) is 4.75. The molecule has 1 N–H and O–H groups in total. The Bertz CT molecular complexity index is 976. The van der Waals surface area contributed by atoms with E-state index in [2.05, 4.69) is 17.0 Å². The summed E-state index contributed by atoms with van der Waals surface area (Å²) in [6.07, 6.45) is 5.01. The van der Waals surface area contributed by atoms with Gasteiger partial charge >= 0.3 is 0 Å². The molecule has 1 saturated heterocycles. The maximum Gasteiger partial charge on any atom is 0.248 e. The molecule has 1 unspecified atom stereocenters. The van der Waals surface area contributed by atoms with Crippen molar-refractivity contribution >= 4 is 17.8 Å². The van der Waals surface area contributed by atoms with Gasteiger partial charge in [-0.3, -0.25) is 9.80 Å². The van der Waals surface area contributed by atoms with Gasteiger partial charge in [0.05, 0.1) is 27.5 Å². The van der Waals surface area contributed by atoms with E-state index in [0.29, 0.717) is 41.8 Å². The molecule has 0 spiro atoms. The Morgan fingerprint density at radius 2 is 1.81 bits per heavy atom. The van der Waals surface area contributed by atoms with Crippen molar-refractivity contribution in [1.29, 1.82) is 0 Å². The first kappa shape index (κ1) is 23.0. The van der Waals surface area contributed by atoms with Gasteiger partial charge < -0.3 is 24.3 Å². The smallest absolute Gasteiger partial charge is 0.248 e. The van der Waals surface area contributed by atoms with Gasteiger partial charge in [0.2, 0.25) is 5.91 Å². The van der Waals surface area contributed by atoms with Gasteiger partial charge in [-0.1, -0.05) is 12.7 Å². The predicted molar refractivity (Wildman–Crippen MR) is 124 cm³/mol. The standard InChI is InChI=1S/C24H29N3O5/c1-5-13-32-23-14-17(8-10-21(23)30-3)16-25-27-12-6-7-19(27)24(28)26-18-9-11-20(29-2)22(15-18)31-4/h5,8-11,14-16,19H,1,6-7,12-13H2,2-4H3,(H,26,28)/b25-16+. The first-order valence-electron chi connectivity index (χ1n) is 10.3. The van der Waals surface area contributed by atoms with Crippen LogP contribution in [0.25, 0.3) is 0 Å². The molecule has 2 aromatic carbocycles. The summed E-state index contributed by atoms with van der Waals surface area (Å²) in [7, 11) is 4.72. The third-order valence-corrected chi connectivity index (χ3v) is 5.08. The molecule has 1 fully saturated rings. The average molecular weight is 440 g/mol. The number of nitrogens with zero attached hydrogens (tertiary/aromatic N) is 2. The van der Waals surface area contributed by atoms with Crippen LogP contribution in [0.2, 0.25) is 0 Å². The lowest BCUT2D eigenvalue weighted by Gasteiger charge is -2.21. The zero-order chi connectivity index (χ0) is 22.9. The molecule has 0 saturated carbocycles. The molecule has 1 aliphatic heterocycles. The van der Waals surface area contributed by atoms with Gasteiger partial charge in [-0.2, -0.15) is 5.10 Å². The number of carbonyl (C=O) groups excluding carboxylic acids is 1. The number of hydrazone groups is 1. The number of carbonyl (C=O) groups is 1. The maximum atomic E-state index is 12.9. The van der Waals surface area contributed by atoms with E-state index in [1.54, 1.807) is 51.8 Å². The third-order valence-electron chi connectivity index (χ3n) is 5.08. The van der Waals surface area contributed by atoms with E-state index in [0.717, 1.165) is 18.4 Å². The number of nitrogens with one attached hydrogen (secondary N) is 1. The largest absolute Gasteiger partial charge is 0.493 e. The van der Waals surface area contributed by atoms with Crippen molar-refractivity contribution in [3.8, 4) is 23.0 Å². The lowest BCUT2D eigenvalue weighted by atomic mass is 10.2. The van der Waals surface area contributed by atoms with E-state index in [9.17, 15) is 4.79 Å². The van der Waals surface area contributed by atoms with E-state index in [-0.39, 0.29) is 11.9 Å². The summed E-state index contributed by atoms with van der Waals surface area (Å²) >= 11 is 0. The van der Waals surface area contributed by atoms with E-state index in [1.165, 1.54) is 0 Å². The van der Waals surface area contributed by atoms with Crippen molar-refractivity contribution in [2.75, 3.05) is 39.8 Å². The highest BCUT2D eigenvalue weighted by atomic mass is 16.5. The number of methoxy groups -OCH3 is 3. The minimum absolute atomic E-state index is 0.114. The Hall–Kier alpha value is -3.68. The van der Waals surface area contributed by atoms with Gasteiger partial charge in [0.1, 0.15) is 12.6 Å². The zero-order valence-electron chi connectivity index (χ0n) is 18.7. The maximum absolute atomic E-state index is 12.9. The van der Waals surface area contributed by atoms with E-state index >= 15 is 0 Å². The molecule has 8 nitrogen and oxygen atoms in total. The fraction of sp³-hybridized carbons (Fsp3) is 0.333. The molecule has 0 aromatic heterocycles. The van der Waals surface area contributed by atoms with Crippen molar-refractivity contribution in [3.63, 3.8) is 0 Å². The highest BCUT2D eigenvalue weighted by molar-refractivity contribution is 5.95. The molecule has 0 radical (unpaired) electrons. The van der Waals surface area contributed by atoms with Gasteiger partial charge in [-0.05, 0) is 48.7 Å². The topological polar surface area (TPSA) is 81.6 Å². The first-order chi connectivity index (χ1) is 15.6. The van der Waals surface area contributed by atoms with Crippen LogP contribution < -0.4 is 24.3 Å². The van der Waals surface area contributed by atoms with Crippen LogP contribution in [-0.2, 0) is 4.79 Å². The fourth-order valence-electron chi connectivity index (χ4n) is 3.47. The molecular weight excluding hydrogens is 410 g/mol. The molecule has 8 heteroatoms. The third kappa shape index (κ3) is 5.51. The van der Waals surface area contributed by atoms with Crippen LogP contribution in [0, 0.1) is 0 Å². The van der Waals surface area contributed by atoms with E-state index in [1.807, 2.05) is 23.2 Å². The number of hydrogen-bond donors (Lipinski definition) is 1. The quantitative estimate of drug-likeness (QED) is 0.449. The second-order valence-electron chi connectivity index (χ2n) is 7.13.